The van der Waals surface area contributed by atoms with Gasteiger partial charge in [0.2, 0.25) is 0 Å². The van der Waals surface area contributed by atoms with Crippen LogP contribution in [0.1, 0.15) is 11.1 Å². The fourth-order valence-corrected chi connectivity index (χ4v) is 2.42. The van der Waals surface area contributed by atoms with Gasteiger partial charge in [0.25, 0.3) is 0 Å². The molecule has 0 fully saturated rings. The molecular weight excluding hydrogens is 216 g/mol. The van der Waals surface area contributed by atoms with Crippen molar-refractivity contribution in [3.8, 4) is 0 Å². The van der Waals surface area contributed by atoms with Crippen molar-refractivity contribution in [1.82, 2.24) is 4.98 Å². The normalized spacial score (nSPS) is 10.4. The van der Waals surface area contributed by atoms with Crippen LogP contribution in [-0.4, -0.2) is 4.98 Å². The minimum absolute atomic E-state index is 0.578. The molecule has 2 aromatic rings. The van der Waals surface area contributed by atoms with Crippen molar-refractivity contribution in [2.24, 2.45) is 5.73 Å². The van der Waals surface area contributed by atoms with Crippen LogP contribution < -0.4 is 5.73 Å². The molecule has 0 amide bonds. The molecule has 0 aliphatic heterocycles. The molecule has 1 aromatic carbocycles. The highest BCUT2D eigenvalue weighted by Gasteiger charge is 2.03. The van der Waals surface area contributed by atoms with Crippen LogP contribution >= 0.6 is 11.8 Å². The van der Waals surface area contributed by atoms with E-state index in [4.69, 9.17) is 5.73 Å². The predicted octanol–water partition coefficient (Wildman–Crippen LogP) is 3.00. The topological polar surface area (TPSA) is 38.9 Å². The molecule has 16 heavy (non-hydrogen) atoms. The first-order chi connectivity index (χ1) is 7.79. The number of hydrogen-bond donors (Lipinski definition) is 1. The summed E-state index contributed by atoms with van der Waals surface area (Å²) in [7, 11) is 0. The average molecular weight is 230 g/mol. The van der Waals surface area contributed by atoms with Crippen molar-refractivity contribution < 1.29 is 0 Å². The van der Waals surface area contributed by atoms with Crippen LogP contribution in [0.3, 0.4) is 0 Å². The largest absolute Gasteiger partial charge is 0.326 e. The molecule has 0 unspecified atom stereocenters. The van der Waals surface area contributed by atoms with Gasteiger partial charge in [0.05, 0.1) is 0 Å². The second-order valence-corrected chi connectivity index (χ2v) is 4.72. The summed E-state index contributed by atoms with van der Waals surface area (Å²) in [6.07, 6.45) is 3.61. The van der Waals surface area contributed by atoms with Gasteiger partial charge in [-0.2, -0.15) is 0 Å². The first kappa shape index (κ1) is 11.2. The van der Waals surface area contributed by atoms with Gasteiger partial charge >= 0.3 is 0 Å². The second-order valence-electron chi connectivity index (χ2n) is 3.60. The third-order valence-electron chi connectivity index (χ3n) is 2.31. The molecule has 0 spiro atoms. The monoisotopic (exact) mass is 230 g/mol. The molecule has 0 saturated heterocycles. The Labute approximate surface area is 99.9 Å². The Balaban J connectivity index is 2.28. The molecule has 1 aromatic heterocycles. The van der Waals surface area contributed by atoms with E-state index in [9.17, 15) is 0 Å². The zero-order chi connectivity index (χ0) is 11.4. The Morgan fingerprint density at radius 3 is 2.62 bits per heavy atom. The standard InChI is InChI=1S/C13H14N2S/c1-10-2-3-13(11(8-10)9-14)16-12-4-6-15-7-5-12/h2-8H,9,14H2,1H3. The van der Waals surface area contributed by atoms with Crippen LogP contribution in [0.5, 0.6) is 0 Å². The lowest BCUT2D eigenvalue weighted by atomic mass is 10.1. The molecule has 0 aliphatic rings. The molecule has 2 N–H and O–H groups in total. The summed E-state index contributed by atoms with van der Waals surface area (Å²) in [5.74, 6) is 0. The molecule has 0 bridgehead atoms. The van der Waals surface area contributed by atoms with E-state index in [1.165, 1.54) is 20.9 Å². The smallest absolute Gasteiger partial charge is 0.0279 e. The number of aryl methyl sites for hydroxylation is 1. The number of hydrogen-bond acceptors (Lipinski definition) is 3. The van der Waals surface area contributed by atoms with E-state index >= 15 is 0 Å². The van der Waals surface area contributed by atoms with Crippen molar-refractivity contribution in [2.75, 3.05) is 0 Å². The molecular formula is C13H14N2S. The first-order valence-electron chi connectivity index (χ1n) is 5.17. The maximum absolute atomic E-state index is 5.75. The molecule has 82 valence electrons. The van der Waals surface area contributed by atoms with Gasteiger partial charge < -0.3 is 5.73 Å². The molecule has 0 aliphatic carbocycles. The van der Waals surface area contributed by atoms with E-state index in [-0.39, 0.29) is 0 Å². The summed E-state index contributed by atoms with van der Waals surface area (Å²) in [5.41, 5.74) is 8.19. The Bertz CT molecular complexity index is 469. The quantitative estimate of drug-likeness (QED) is 0.881. The highest BCUT2D eigenvalue weighted by atomic mass is 32.2. The molecule has 0 atom stereocenters. The van der Waals surface area contributed by atoms with Gasteiger partial charge in [0.1, 0.15) is 0 Å². The summed E-state index contributed by atoms with van der Waals surface area (Å²) in [6, 6.07) is 10.4. The lowest BCUT2D eigenvalue weighted by Gasteiger charge is -2.08. The predicted molar refractivity (Wildman–Crippen MR) is 67.4 cm³/mol. The van der Waals surface area contributed by atoms with E-state index in [2.05, 4.69) is 30.1 Å². The maximum Gasteiger partial charge on any atom is 0.0279 e. The minimum Gasteiger partial charge on any atom is -0.326 e. The van der Waals surface area contributed by atoms with Gasteiger partial charge in [-0.3, -0.25) is 4.98 Å². The average Bonchev–Trinajstić information content (AvgIpc) is 2.33. The Kier molecular flexibility index (Phi) is 3.59. The fraction of sp³-hybridized carbons (Fsp3) is 0.154. The molecule has 2 nitrogen and oxygen atoms in total. The van der Waals surface area contributed by atoms with Crippen molar-refractivity contribution in [1.29, 1.82) is 0 Å². The third kappa shape index (κ3) is 2.62. The van der Waals surface area contributed by atoms with Gasteiger partial charge in [0, 0.05) is 28.7 Å². The lowest BCUT2D eigenvalue weighted by molar-refractivity contribution is 1.02. The van der Waals surface area contributed by atoms with Crippen molar-refractivity contribution in [3.05, 3.63) is 53.9 Å². The van der Waals surface area contributed by atoms with Gasteiger partial charge in [-0.25, -0.2) is 0 Å². The maximum atomic E-state index is 5.75. The van der Waals surface area contributed by atoms with Crippen LogP contribution in [0, 0.1) is 6.92 Å². The summed E-state index contributed by atoms with van der Waals surface area (Å²) in [6.45, 7) is 2.66. The van der Waals surface area contributed by atoms with Crippen molar-refractivity contribution in [2.45, 2.75) is 23.3 Å². The van der Waals surface area contributed by atoms with E-state index in [0.717, 1.165) is 0 Å². The van der Waals surface area contributed by atoms with Crippen LogP contribution in [0.25, 0.3) is 0 Å². The zero-order valence-electron chi connectivity index (χ0n) is 9.18. The van der Waals surface area contributed by atoms with E-state index in [0.29, 0.717) is 6.54 Å². The molecule has 1 heterocycles. The molecule has 0 saturated carbocycles. The number of pyridine rings is 1. The van der Waals surface area contributed by atoms with E-state index in [1.807, 2.05) is 12.1 Å². The Morgan fingerprint density at radius 2 is 1.94 bits per heavy atom. The number of nitrogens with zero attached hydrogens (tertiary/aromatic N) is 1. The summed E-state index contributed by atoms with van der Waals surface area (Å²) in [5, 5.41) is 0. The summed E-state index contributed by atoms with van der Waals surface area (Å²) < 4.78 is 0. The summed E-state index contributed by atoms with van der Waals surface area (Å²) in [4.78, 5) is 6.42. The molecule has 0 radical (unpaired) electrons. The minimum atomic E-state index is 0.578. The van der Waals surface area contributed by atoms with Gasteiger partial charge in [0.15, 0.2) is 0 Å². The number of rotatable bonds is 3. The fourth-order valence-electron chi connectivity index (χ4n) is 1.50. The SMILES string of the molecule is Cc1ccc(Sc2ccncc2)c(CN)c1. The lowest BCUT2D eigenvalue weighted by Crippen LogP contribution is -1.98. The Hall–Kier alpha value is -1.32. The second kappa shape index (κ2) is 5.14. The van der Waals surface area contributed by atoms with Crippen LogP contribution in [-0.2, 0) is 6.54 Å². The third-order valence-corrected chi connectivity index (χ3v) is 3.44. The summed E-state index contributed by atoms with van der Waals surface area (Å²) >= 11 is 1.73. The Morgan fingerprint density at radius 1 is 1.19 bits per heavy atom. The highest BCUT2D eigenvalue weighted by molar-refractivity contribution is 7.99. The highest BCUT2D eigenvalue weighted by Crippen LogP contribution is 2.30. The van der Waals surface area contributed by atoms with Crippen LogP contribution in [0.4, 0.5) is 0 Å². The number of aromatic nitrogens is 1. The number of benzene rings is 1. The van der Waals surface area contributed by atoms with E-state index < -0.39 is 0 Å². The van der Waals surface area contributed by atoms with E-state index in [1.54, 1.807) is 24.2 Å². The molecule has 3 heteroatoms. The first-order valence-corrected chi connectivity index (χ1v) is 5.98. The van der Waals surface area contributed by atoms with Gasteiger partial charge in [-0.15, -0.1) is 0 Å². The van der Waals surface area contributed by atoms with Gasteiger partial charge in [-0.1, -0.05) is 29.5 Å². The van der Waals surface area contributed by atoms with Crippen LogP contribution in [0.15, 0.2) is 52.5 Å². The zero-order valence-corrected chi connectivity index (χ0v) is 10.00. The van der Waals surface area contributed by atoms with Crippen molar-refractivity contribution >= 4 is 11.8 Å². The van der Waals surface area contributed by atoms with Gasteiger partial charge in [-0.05, 0) is 30.7 Å². The van der Waals surface area contributed by atoms with Crippen LogP contribution in [0.2, 0.25) is 0 Å². The number of nitrogens with two attached hydrogens (primary N) is 1. The van der Waals surface area contributed by atoms with Crippen molar-refractivity contribution in [3.63, 3.8) is 0 Å². The molecule has 2 rings (SSSR count).